The number of para-hydroxylation sites is 1. The molecule has 25 heavy (non-hydrogen) atoms. The molecule has 2 N–H and O–H groups in total. The van der Waals surface area contributed by atoms with Gasteiger partial charge in [0.1, 0.15) is 5.75 Å². The van der Waals surface area contributed by atoms with Crippen molar-refractivity contribution in [3.05, 3.63) is 59.1 Å². The fourth-order valence-electron chi connectivity index (χ4n) is 2.16. The molecule has 5 nitrogen and oxygen atoms in total. The molecule has 2 aromatic carbocycles. The summed E-state index contributed by atoms with van der Waals surface area (Å²) in [4.78, 5) is 24.3. The van der Waals surface area contributed by atoms with E-state index in [2.05, 4.69) is 17.6 Å². The Morgan fingerprint density at radius 1 is 1.12 bits per heavy atom. The van der Waals surface area contributed by atoms with Crippen LogP contribution in [0.1, 0.15) is 30.1 Å². The first kappa shape index (κ1) is 18.8. The zero-order chi connectivity index (χ0) is 18.1. The van der Waals surface area contributed by atoms with Crippen molar-refractivity contribution in [2.75, 3.05) is 18.5 Å². The van der Waals surface area contributed by atoms with E-state index in [1.807, 2.05) is 0 Å². The first-order valence-corrected chi connectivity index (χ1v) is 8.53. The number of halogens is 1. The van der Waals surface area contributed by atoms with Gasteiger partial charge in [-0.3, -0.25) is 9.59 Å². The molecule has 6 heteroatoms. The van der Waals surface area contributed by atoms with Crippen LogP contribution in [0, 0.1) is 0 Å². The van der Waals surface area contributed by atoms with Crippen molar-refractivity contribution in [1.82, 2.24) is 5.32 Å². The third-order valence-corrected chi connectivity index (χ3v) is 3.66. The minimum absolute atomic E-state index is 0.174. The first-order valence-electron chi connectivity index (χ1n) is 8.15. The number of carbonyl (C=O) groups excluding carboxylic acids is 2. The molecule has 0 fully saturated rings. The van der Waals surface area contributed by atoms with Gasteiger partial charge in [0.25, 0.3) is 11.8 Å². The fraction of sp³-hybridized carbons (Fsp3) is 0.263. The van der Waals surface area contributed by atoms with Crippen molar-refractivity contribution in [2.45, 2.75) is 19.8 Å². The summed E-state index contributed by atoms with van der Waals surface area (Å²) in [6.45, 7) is 2.49. The van der Waals surface area contributed by atoms with Crippen LogP contribution in [-0.2, 0) is 4.79 Å². The Bertz CT molecular complexity index is 734. The Kier molecular flexibility index (Phi) is 7.29. The number of benzene rings is 2. The molecule has 0 heterocycles. The van der Waals surface area contributed by atoms with Gasteiger partial charge in [0, 0.05) is 11.6 Å². The summed E-state index contributed by atoms with van der Waals surface area (Å²) in [6, 6.07) is 13.7. The largest absolute Gasteiger partial charge is 0.484 e. The van der Waals surface area contributed by atoms with E-state index in [0.29, 0.717) is 28.6 Å². The summed E-state index contributed by atoms with van der Waals surface area (Å²) in [5.74, 6) is -0.0536. The van der Waals surface area contributed by atoms with Crippen LogP contribution in [0.15, 0.2) is 48.5 Å². The van der Waals surface area contributed by atoms with E-state index in [-0.39, 0.29) is 18.4 Å². The highest BCUT2D eigenvalue weighted by molar-refractivity contribution is 6.30. The van der Waals surface area contributed by atoms with Gasteiger partial charge in [0.05, 0.1) is 11.3 Å². The molecule has 0 spiro atoms. The van der Waals surface area contributed by atoms with E-state index in [4.69, 9.17) is 16.3 Å². The van der Waals surface area contributed by atoms with E-state index < -0.39 is 0 Å². The molecular formula is C19H21ClN2O3. The third-order valence-electron chi connectivity index (χ3n) is 3.43. The number of anilines is 1. The number of nitrogens with one attached hydrogen (secondary N) is 2. The lowest BCUT2D eigenvalue weighted by atomic mass is 10.1. The molecule has 0 saturated heterocycles. The van der Waals surface area contributed by atoms with Gasteiger partial charge in [-0.25, -0.2) is 0 Å². The van der Waals surface area contributed by atoms with Gasteiger partial charge < -0.3 is 15.4 Å². The second-order valence-corrected chi connectivity index (χ2v) is 5.89. The van der Waals surface area contributed by atoms with Crippen LogP contribution in [0.2, 0.25) is 5.02 Å². The molecule has 0 atom stereocenters. The Balaban J connectivity index is 1.95. The molecule has 0 aliphatic carbocycles. The summed E-state index contributed by atoms with van der Waals surface area (Å²) >= 11 is 5.87. The number of amides is 2. The minimum atomic E-state index is -0.353. The molecule has 2 amide bonds. The molecule has 0 aromatic heterocycles. The smallest absolute Gasteiger partial charge is 0.262 e. The molecule has 0 bridgehead atoms. The highest BCUT2D eigenvalue weighted by Gasteiger charge is 2.13. The van der Waals surface area contributed by atoms with Crippen LogP contribution in [0.4, 0.5) is 5.69 Å². The number of carbonyl (C=O) groups is 2. The predicted octanol–water partition coefficient (Wildman–Crippen LogP) is 3.89. The average Bonchev–Trinajstić information content (AvgIpc) is 2.61. The lowest BCUT2D eigenvalue weighted by Gasteiger charge is -2.12. The van der Waals surface area contributed by atoms with Crippen LogP contribution in [-0.4, -0.2) is 25.0 Å². The molecule has 0 aliphatic rings. The summed E-state index contributed by atoms with van der Waals surface area (Å²) in [5, 5.41) is 6.08. The SMILES string of the molecule is CCCCNC(=O)c1ccccc1NC(=O)COc1cccc(Cl)c1. The lowest BCUT2D eigenvalue weighted by Crippen LogP contribution is -2.27. The number of hydrogen-bond acceptors (Lipinski definition) is 3. The summed E-state index contributed by atoms with van der Waals surface area (Å²) in [7, 11) is 0. The van der Waals surface area contributed by atoms with Crippen molar-refractivity contribution in [3.63, 3.8) is 0 Å². The maximum absolute atomic E-state index is 12.2. The second-order valence-electron chi connectivity index (χ2n) is 5.45. The van der Waals surface area contributed by atoms with Crippen molar-refractivity contribution < 1.29 is 14.3 Å². The second kappa shape index (κ2) is 9.69. The van der Waals surface area contributed by atoms with Gasteiger partial charge in [-0.05, 0) is 36.8 Å². The zero-order valence-corrected chi connectivity index (χ0v) is 14.8. The highest BCUT2D eigenvalue weighted by atomic mass is 35.5. The molecule has 0 saturated carbocycles. The Labute approximate surface area is 152 Å². The van der Waals surface area contributed by atoms with E-state index in [0.717, 1.165) is 12.8 Å². The topological polar surface area (TPSA) is 67.4 Å². The number of rotatable bonds is 8. The number of unbranched alkanes of at least 4 members (excludes halogenated alkanes) is 1. The maximum Gasteiger partial charge on any atom is 0.262 e. The van der Waals surface area contributed by atoms with Crippen LogP contribution >= 0.6 is 11.6 Å². The summed E-state index contributed by atoms with van der Waals surface area (Å²) in [6.07, 6.45) is 1.91. The molecule has 0 aliphatic heterocycles. The van der Waals surface area contributed by atoms with Gasteiger partial charge in [0.15, 0.2) is 6.61 Å². The standard InChI is InChI=1S/C19H21ClN2O3/c1-2-3-11-21-19(24)16-9-4-5-10-17(16)22-18(23)13-25-15-8-6-7-14(20)12-15/h4-10,12H,2-3,11,13H2,1H3,(H,21,24)(H,22,23). The van der Waals surface area contributed by atoms with Crippen LogP contribution in [0.5, 0.6) is 5.75 Å². The Morgan fingerprint density at radius 2 is 1.92 bits per heavy atom. The van der Waals surface area contributed by atoms with Crippen LogP contribution in [0.25, 0.3) is 0 Å². The van der Waals surface area contributed by atoms with Crippen molar-refractivity contribution in [2.24, 2.45) is 0 Å². The quantitative estimate of drug-likeness (QED) is 0.702. The van der Waals surface area contributed by atoms with Crippen molar-refractivity contribution >= 4 is 29.1 Å². The van der Waals surface area contributed by atoms with Gasteiger partial charge in [-0.2, -0.15) is 0 Å². The van der Waals surface area contributed by atoms with Gasteiger partial charge in [0.2, 0.25) is 0 Å². The molecule has 132 valence electrons. The number of ether oxygens (including phenoxy) is 1. The van der Waals surface area contributed by atoms with Gasteiger partial charge >= 0.3 is 0 Å². The monoisotopic (exact) mass is 360 g/mol. The molecular weight excluding hydrogens is 340 g/mol. The zero-order valence-electron chi connectivity index (χ0n) is 14.0. The van der Waals surface area contributed by atoms with E-state index in [9.17, 15) is 9.59 Å². The van der Waals surface area contributed by atoms with E-state index >= 15 is 0 Å². The van der Waals surface area contributed by atoms with Gasteiger partial charge in [-0.1, -0.05) is 43.1 Å². The van der Waals surface area contributed by atoms with Gasteiger partial charge in [-0.15, -0.1) is 0 Å². The van der Waals surface area contributed by atoms with Crippen LogP contribution < -0.4 is 15.4 Å². The Morgan fingerprint density at radius 3 is 2.68 bits per heavy atom. The minimum Gasteiger partial charge on any atom is -0.484 e. The van der Waals surface area contributed by atoms with E-state index in [1.165, 1.54) is 0 Å². The Hall–Kier alpha value is -2.53. The first-order chi connectivity index (χ1) is 12.1. The summed E-state index contributed by atoms with van der Waals surface area (Å²) < 4.78 is 5.40. The fourth-order valence-corrected chi connectivity index (χ4v) is 2.34. The van der Waals surface area contributed by atoms with Crippen LogP contribution in [0.3, 0.4) is 0 Å². The molecule has 2 aromatic rings. The highest BCUT2D eigenvalue weighted by Crippen LogP contribution is 2.18. The maximum atomic E-state index is 12.2. The van der Waals surface area contributed by atoms with Crippen molar-refractivity contribution in [3.8, 4) is 5.75 Å². The predicted molar refractivity (Wildman–Crippen MR) is 99.3 cm³/mol. The average molecular weight is 361 g/mol. The van der Waals surface area contributed by atoms with E-state index in [1.54, 1.807) is 48.5 Å². The summed E-state index contributed by atoms with van der Waals surface area (Å²) in [5.41, 5.74) is 0.880. The molecule has 0 radical (unpaired) electrons. The third kappa shape index (κ3) is 6.12. The van der Waals surface area contributed by atoms with Crippen molar-refractivity contribution in [1.29, 1.82) is 0 Å². The molecule has 0 unspecified atom stereocenters. The number of hydrogen-bond donors (Lipinski definition) is 2. The normalized spacial score (nSPS) is 10.2. The molecule has 2 rings (SSSR count). The lowest BCUT2D eigenvalue weighted by molar-refractivity contribution is -0.118.